The number of aryl methyl sites for hydroxylation is 1. The number of rotatable bonds is 4. The van der Waals surface area contributed by atoms with E-state index in [1.807, 2.05) is 7.05 Å². The molecule has 1 heterocycles. The number of aliphatic imine (C=N–C) groups is 1. The molecule has 1 saturated carbocycles. The minimum atomic E-state index is 0.603. The number of guanidine groups is 1. The lowest BCUT2D eigenvalue weighted by atomic mass is 10.1. The van der Waals surface area contributed by atoms with Crippen molar-refractivity contribution in [2.45, 2.75) is 32.7 Å². The van der Waals surface area contributed by atoms with Crippen LogP contribution in [0.2, 0.25) is 0 Å². The monoisotopic (exact) mass is 284 g/mol. The number of nitrogens with zero attached hydrogens (tertiary/aromatic N) is 1. The minimum Gasteiger partial charge on any atom is -0.358 e. The minimum absolute atomic E-state index is 0.603. The Balaban J connectivity index is 1.60. The van der Waals surface area contributed by atoms with Crippen molar-refractivity contribution in [2.75, 3.05) is 13.6 Å². The van der Waals surface area contributed by atoms with Crippen LogP contribution in [0, 0.1) is 12.8 Å². The molecule has 0 spiro atoms. The van der Waals surface area contributed by atoms with Gasteiger partial charge >= 0.3 is 0 Å². The first-order valence-electron chi connectivity index (χ1n) is 7.72. The van der Waals surface area contributed by atoms with Gasteiger partial charge in [-0.15, -0.1) is 0 Å². The molecule has 2 unspecified atom stereocenters. The number of hydrogen-bond donors (Lipinski definition) is 3. The van der Waals surface area contributed by atoms with Crippen molar-refractivity contribution >= 4 is 16.9 Å². The highest BCUT2D eigenvalue weighted by atomic mass is 15.2. The highest BCUT2D eigenvalue weighted by Gasteiger charge is 2.33. The molecular formula is C17H24N4. The molecule has 4 heteroatoms. The van der Waals surface area contributed by atoms with Crippen LogP contribution < -0.4 is 10.6 Å². The van der Waals surface area contributed by atoms with Crippen LogP contribution in [0.15, 0.2) is 29.3 Å². The van der Waals surface area contributed by atoms with Crippen molar-refractivity contribution in [2.24, 2.45) is 10.9 Å². The molecule has 1 aromatic carbocycles. The van der Waals surface area contributed by atoms with Gasteiger partial charge in [-0.05, 0) is 37.3 Å². The number of para-hydroxylation sites is 1. The van der Waals surface area contributed by atoms with Crippen molar-refractivity contribution in [1.29, 1.82) is 0 Å². The first kappa shape index (κ1) is 14.0. The van der Waals surface area contributed by atoms with Gasteiger partial charge in [0.2, 0.25) is 0 Å². The molecule has 2 aromatic rings. The third-order valence-corrected chi connectivity index (χ3v) is 4.35. The second-order valence-corrected chi connectivity index (χ2v) is 5.99. The van der Waals surface area contributed by atoms with E-state index >= 15 is 0 Å². The summed E-state index contributed by atoms with van der Waals surface area (Å²) in [6.45, 7) is 5.30. The van der Waals surface area contributed by atoms with E-state index in [-0.39, 0.29) is 0 Å². The van der Waals surface area contributed by atoms with Crippen LogP contribution in [0.3, 0.4) is 0 Å². The number of aromatic amines is 1. The van der Waals surface area contributed by atoms with Gasteiger partial charge in [0, 0.05) is 36.2 Å². The Morgan fingerprint density at radius 1 is 1.38 bits per heavy atom. The molecule has 21 heavy (non-hydrogen) atoms. The molecule has 3 N–H and O–H groups in total. The number of aromatic nitrogens is 1. The maximum Gasteiger partial charge on any atom is 0.191 e. The van der Waals surface area contributed by atoms with Gasteiger partial charge in [-0.3, -0.25) is 4.99 Å². The fourth-order valence-electron chi connectivity index (χ4n) is 2.86. The number of H-pyrrole nitrogens is 1. The maximum atomic E-state index is 4.29. The summed E-state index contributed by atoms with van der Waals surface area (Å²) in [7, 11) is 1.83. The van der Waals surface area contributed by atoms with E-state index in [0.29, 0.717) is 6.04 Å². The van der Waals surface area contributed by atoms with E-state index in [9.17, 15) is 0 Å². The van der Waals surface area contributed by atoms with Crippen LogP contribution in [0.4, 0.5) is 0 Å². The third kappa shape index (κ3) is 3.04. The molecule has 0 bridgehead atoms. The summed E-state index contributed by atoms with van der Waals surface area (Å²) in [5.74, 6) is 1.70. The van der Waals surface area contributed by atoms with Gasteiger partial charge in [0.25, 0.3) is 0 Å². The van der Waals surface area contributed by atoms with Gasteiger partial charge in [0.1, 0.15) is 0 Å². The first-order valence-corrected chi connectivity index (χ1v) is 7.72. The number of hydrogen-bond acceptors (Lipinski definition) is 1. The van der Waals surface area contributed by atoms with Crippen LogP contribution in [-0.2, 0) is 6.42 Å². The van der Waals surface area contributed by atoms with Crippen molar-refractivity contribution < 1.29 is 0 Å². The lowest BCUT2D eigenvalue weighted by Crippen LogP contribution is -2.39. The van der Waals surface area contributed by atoms with Crippen molar-refractivity contribution in [1.82, 2.24) is 15.6 Å². The lowest BCUT2D eigenvalue weighted by Gasteiger charge is -2.11. The van der Waals surface area contributed by atoms with E-state index in [2.05, 4.69) is 58.7 Å². The number of nitrogens with one attached hydrogen (secondary N) is 3. The van der Waals surface area contributed by atoms with Gasteiger partial charge < -0.3 is 15.6 Å². The molecule has 0 amide bonds. The van der Waals surface area contributed by atoms with Gasteiger partial charge in [0.15, 0.2) is 5.96 Å². The number of fused-ring (bicyclic) bond motifs is 1. The summed E-state index contributed by atoms with van der Waals surface area (Å²) < 4.78 is 0. The van der Waals surface area contributed by atoms with E-state index in [0.717, 1.165) is 24.8 Å². The summed E-state index contributed by atoms with van der Waals surface area (Å²) in [5, 5.41) is 8.20. The average molecular weight is 284 g/mol. The van der Waals surface area contributed by atoms with Crippen LogP contribution in [0.5, 0.6) is 0 Å². The molecule has 0 aliphatic heterocycles. The van der Waals surface area contributed by atoms with Crippen LogP contribution in [-0.4, -0.2) is 30.6 Å². The largest absolute Gasteiger partial charge is 0.358 e. The zero-order chi connectivity index (χ0) is 14.8. The Labute approximate surface area is 126 Å². The Hall–Kier alpha value is -1.97. The molecule has 1 aromatic heterocycles. The quantitative estimate of drug-likeness (QED) is 0.597. The molecule has 1 aliphatic carbocycles. The van der Waals surface area contributed by atoms with E-state index in [1.165, 1.54) is 28.6 Å². The smallest absolute Gasteiger partial charge is 0.191 e. The molecule has 3 rings (SSSR count). The number of benzene rings is 1. The Kier molecular flexibility index (Phi) is 3.86. The molecule has 0 radical (unpaired) electrons. The predicted molar refractivity (Wildman–Crippen MR) is 88.8 cm³/mol. The molecular weight excluding hydrogens is 260 g/mol. The normalized spacial score (nSPS) is 21.6. The van der Waals surface area contributed by atoms with Gasteiger partial charge in [-0.2, -0.15) is 0 Å². The van der Waals surface area contributed by atoms with Crippen molar-refractivity contribution in [3.05, 3.63) is 35.5 Å². The average Bonchev–Trinajstić information content (AvgIpc) is 3.08. The van der Waals surface area contributed by atoms with Gasteiger partial charge in [-0.1, -0.05) is 25.1 Å². The third-order valence-electron chi connectivity index (χ3n) is 4.35. The van der Waals surface area contributed by atoms with Crippen LogP contribution in [0.1, 0.15) is 24.6 Å². The molecule has 1 aliphatic rings. The van der Waals surface area contributed by atoms with E-state index in [4.69, 9.17) is 0 Å². The zero-order valence-electron chi connectivity index (χ0n) is 13.0. The van der Waals surface area contributed by atoms with Crippen molar-refractivity contribution in [3.8, 4) is 0 Å². The second kappa shape index (κ2) is 5.80. The Morgan fingerprint density at radius 2 is 2.14 bits per heavy atom. The predicted octanol–water partition coefficient (Wildman–Crippen LogP) is 2.59. The molecule has 1 fully saturated rings. The summed E-state index contributed by atoms with van der Waals surface area (Å²) >= 11 is 0. The molecule has 0 saturated heterocycles. The topological polar surface area (TPSA) is 52.2 Å². The van der Waals surface area contributed by atoms with Crippen LogP contribution in [0.25, 0.3) is 10.9 Å². The summed E-state index contributed by atoms with van der Waals surface area (Å²) in [6.07, 6.45) is 2.25. The second-order valence-electron chi connectivity index (χ2n) is 5.99. The van der Waals surface area contributed by atoms with Gasteiger partial charge in [0.05, 0.1) is 0 Å². The van der Waals surface area contributed by atoms with Crippen molar-refractivity contribution in [3.63, 3.8) is 0 Å². The molecule has 4 nitrogen and oxygen atoms in total. The molecule has 2 atom stereocenters. The summed E-state index contributed by atoms with van der Waals surface area (Å²) in [6, 6.07) is 9.09. The highest BCUT2D eigenvalue weighted by molar-refractivity contribution is 5.84. The maximum absolute atomic E-state index is 4.29. The highest BCUT2D eigenvalue weighted by Crippen LogP contribution is 2.28. The SMILES string of the molecule is CN=C(NCCc1c(C)[nH]c2ccccc12)NC1CC1C. The first-order chi connectivity index (χ1) is 10.2. The lowest BCUT2D eigenvalue weighted by molar-refractivity contribution is 0.758. The van der Waals surface area contributed by atoms with Crippen LogP contribution >= 0.6 is 0 Å². The Morgan fingerprint density at radius 3 is 2.86 bits per heavy atom. The summed E-state index contributed by atoms with van der Waals surface area (Å²) in [5.41, 5.74) is 3.88. The molecule has 112 valence electrons. The fraction of sp³-hybridized carbons (Fsp3) is 0.471. The summed E-state index contributed by atoms with van der Waals surface area (Å²) in [4.78, 5) is 7.75. The van der Waals surface area contributed by atoms with E-state index < -0.39 is 0 Å². The Bertz CT molecular complexity index is 656. The van der Waals surface area contributed by atoms with Gasteiger partial charge in [-0.25, -0.2) is 0 Å². The zero-order valence-corrected chi connectivity index (χ0v) is 13.0. The van der Waals surface area contributed by atoms with E-state index in [1.54, 1.807) is 0 Å². The fourth-order valence-corrected chi connectivity index (χ4v) is 2.86. The standard InChI is InChI=1S/C17H24N4/c1-11-10-16(11)21-17(18-3)19-9-8-13-12(2)20-15-7-5-4-6-14(13)15/h4-7,11,16,20H,8-10H2,1-3H3,(H2,18,19,21).